The summed E-state index contributed by atoms with van der Waals surface area (Å²) in [6.45, 7) is 1.90. The van der Waals surface area contributed by atoms with Gasteiger partial charge in [-0.1, -0.05) is 17.7 Å². The van der Waals surface area contributed by atoms with Crippen LogP contribution in [0.4, 0.5) is 20.2 Å². The fraction of sp³-hybridized carbons (Fsp3) is 0.111. The molecule has 3 rings (SSSR count). The van der Waals surface area contributed by atoms with Crippen LogP contribution in [0.25, 0.3) is 0 Å². The Labute approximate surface area is 153 Å². The van der Waals surface area contributed by atoms with Crippen LogP contribution in [0, 0.1) is 24.5 Å². The summed E-state index contributed by atoms with van der Waals surface area (Å²) in [4.78, 5) is 29.8. The number of carbonyl (C=O) groups is 2. The Morgan fingerprint density at radius 2 is 1.85 bits per heavy atom. The summed E-state index contributed by atoms with van der Waals surface area (Å²) >= 11 is 5.09. The third-order valence-corrected chi connectivity index (χ3v) is 4.05. The van der Waals surface area contributed by atoms with E-state index in [1.165, 1.54) is 4.90 Å². The predicted octanol–water partition coefficient (Wildman–Crippen LogP) is 3.04. The van der Waals surface area contributed by atoms with E-state index in [4.69, 9.17) is 12.2 Å². The largest absolute Gasteiger partial charge is 0.301 e. The number of benzene rings is 2. The van der Waals surface area contributed by atoms with Crippen molar-refractivity contribution in [2.75, 3.05) is 4.90 Å². The molecule has 0 aliphatic carbocycles. The Morgan fingerprint density at radius 3 is 2.50 bits per heavy atom. The van der Waals surface area contributed by atoms with Crippen LogP contribution in [0.5, 0.6) is 0 Å². The maximum absolute atomic E-state index is 13.7. The second-order valence-electron chi connectivity index (χ2n) is 5.66. The fourth-order valence-electron chi connectivity index (χ4n) is 2.40. The van der Waals surface area contributed by atoms with Crippen molar-refractivity contribution in [3.63, 3.8) is 0 Å². The number of nitrogens with one attached hydrogen (secondary N) is 1. The number of hydrogen-bond acceptors (Lipinski definition) is 4. The molecule has 2 aromatic carbocycles. The summed E-state index contributed by atoms with van der Waals surface area (Å²) in [5, 5.41) is 2.40. The number of hydrogen-bond donors (Lipinski definition) is 1. The SMILES string of the molecule is Cc1ccc(N2C(=O)[C@H](C=Nc3ccc(F)cc3F)C(=O)NC2=S)cc1. The lowest BCUT2D eigenvalue weighted by Gasteiger charge is -2.30. The minimum absolute atomic E-state index is 0.0403. The number of carbonyl (C=O) groups excluding carboxylic acids is 2. The van der Waals surface area contributed by atoms with Crippen LogP contribution in [-0.2, 0) is 9.59 Å². The Balaban J connectivity index is 1.90. The highest BCUT2D eigenvalue weighted by molar-refractivity contribution is 7.80. The van der Waals surface area contributed by atoms with Gasteiger partial charge in [-0.15, -0.1) is 0 Å². The van der Waals surface area contributed by atoms with E-state index < -0.39 is 29.4 Å². The molecule has 1 fully saturated rings. The summed E-state index contributed by atoms with van der Waals surface area (Å²) in [5.41, 5.74) is 1.32. The Bertz CT molecular complexity index is 929. The van der Waals surface area contributed by atoms with E-state index >= 15 is 0 Å². The van der Waals surface area contributed by atoms with Crippen LogP contribution >= 0.6 is 12.2 Å². The van der Waals surface area contributed by atoms with Gasteiger partial charge >= 0.3 is 0 Å². The highest BCUT2D eigenvalue weighted by Gasteiger charge is 2.38. The molecule has 132 valence electrons. The normalized spacial score (nSPS) is 17.7. The van der Waals surface area contributed by atoms with Crippen molar-refractivity contribution in [1.82, 2.24) is 5.32 Å². The van der Waals surface area contributed by atoms with E-state index in [1.54, 1.807) is 24.3 Å². The van der Waals surface area contributed by atoms with Crippen LogP contribution in [0.3, 0.4) is 0 Å². The summed E-state index contributed by atoms with van der Waals surface area (Å²) < 4.78 is 26.6. The van der Waals surface area contributed by atoms with Crippen molar-refractivity contribution >= 4 is 46.7 Å². The topological polar surface area (TPSA) is 61.8 Å². The molecule has 0 bridgehead atoms. The molecule has 1 aliphatic rings. The molecule has 1 atom stereocenters. The smallest absolute Gasteiger partial charge is 0.251 e. The first-order valence-corrected chi connectivity index (χ1v) is 8.02. The van der Waals surface area contributed by atoms with E-state index in [0.717, 1.165) is 23.9 Å². The second kappa shape index (κ2) is 7.09. The highest BCUT2D eigenvalue weighted by Crippen LogP contribution is 2.22. The van der Waals surface area contributed by atoms with Gasteiger partial charge in [0.2, 0.25) is 5.91 Å². The fourth-order valence-corrected chi connectivity index (χ4v) is 2.70. The van der Waals surface area contributed by atoms with E-state index in [2.05, 4.69) is 10.3 Å². The summed E-state index contributed by atoms with van der Waals surface area (Å²) in [7, 11) is 0. The molecule has 2 aromatic rings. The molecule has 5 nitrogen and oxygen atoms in total. The first-order valence-electron chi connectivity index (χ1n) is 7.61. The van der Waals surface area contributed by atoms with Crippen molar-refractivity contribution < 1.29 is 18.4 Å². The zero-order chi connectivity index (χ0) is 18.8. The third kappa shape index (κ3) is 3.50. The summed E-state index contributed by atoms with van der Waals surface area (Å²) in [6.07, 6.45) is 1.02. The van der Waals surface area contributed by atoms with Gasteiger partial charge in [-0.25, -0.2) is 8.78 Å². The number of halogens is 2. The van der Waals surface area contributed by atoms with Gasteiger partial charge in [0.1, 0.15) is 5.82 Å². The molecule has 1 aliphatic heterocycles. The van der Waals surface area contributed by atoms with Crippen LogP contribution in [0.2, 0.25) is 0 Å². The van der Waals surface area contributed by atoms with Crippen molar-refractivity contribution in [3.05, 3.63) is 59.7 Å². The maximum Gasteiger partial charge on any atom is 0.251 e. The molecule has 1 heterocycles. The average molecular weight is 373 g/mol. The monoisotopic (exact) mass is 373 g/mol. The lowest BCUT2D eigenvalue weighted by atomic mass is 10.1. The van der Waals surface area contributed by atoms with E-state index in [-0.39, 0.29) is 10.8 Å². The number of aryl methyl sites for hydroxylation is 1. The molecule has 0 aromatic heterocycles. The number of anilines is 1. The molecule has 1 N–H and O–H groups in total. The van der Waals surface area contributed by atoms with Gasteiger partial charge in [0.15, 0.2) is 16.8 Å². The third-order valence-electron chi connectivity index (χ3n) is 3.77. The first kappa shape index (κ1) is 17.8. The molecular weight excluding hydrogens is 360 g/mol. The molecule has 0 saturated carbocycles. The van der Waals surface area contributed by atoms with Crippen LogP contribution in [0.1, 0.15) is 5.56 Å². The second-order valence-corrected chi connectivity index (χ2v) is 6.04. The zero-order valence-electron chi connectivity index (χ0n) is 13.6. The average Bonchev–Trinajstić information content (AvgIpc) is 2.57. The number of rotatable bonds is 3. The van der Waals surface area contributed by atoms with Gasteiger partial charge in [-0.2, -0.15) is 0 Å². The summed E-state index contributed by atoms with van der Waals surface area (Å²) in [6, 6.07) is 9.83. The Kier molecular flexibility index (Phi) is 4.85. The minimum Gasteiger partial charge on any atom is -0.301 e. The standard InChI is InChI=1S/C18H13F2N3O2S/c1-10-2-5-12(6-3-10)23-17(25)13(16(24)22-18(23)26)9-21-15-7-4-11(19)8-14(15)20/h2-9,13H,1H3,(H,22,24,26)/t13-/m1/s1. The minimum atomic E-state index is -1.28. The van der Waals surface area contributed by atoms with Crippen LogP contribution in [-0.4, -0.2) is 23.1 Å². The van der Waals surface area contributed by atoms with Gasteiger partial charge in [0.05, 0.1) is 11.4 Å². The quantitative estimate of drug-likeness (QED) is 0.511. The Hall–Kier alpha value is -3.00. The Morgan fingerprint density at radius 1 is 1.15 bits per heavy atom. The highest BCUT2D eigenvalue weighted by atomic mass is 32.1. The number of thiocarbonyl (C=S) groups is 1. The number of aliphatic imine (C=N–C) groups is 1. The predicted molar refractivity (Wildman–Crippen MR) is 97.4 cm³/mol. The lowest BCUT2D eigenvalue weighted by Crippen LogP contribution is -2.58. The zero-order valence-corrected chi connectivity index (χ0v) is 14.4. The van der Waals surface area contributed by atoms with Gasteiger partial charge in [-0.05, 0) is 43.4 Å². The molecule has 0 unspecified atom stereocenters. The van der Waals surface area contributed by atoms with Crippen molar-refractivity contribution in [2.45, 2.75) is 6.92 Å². The first-order chi connectivity index (χ1) is 12.4. The number of amides is 2. The van der Waals surface area contributed by atoms with Crippen LogP contribution in [0.15, 0.2) is 47.5 Å². The van der Waals surface area contributed by atoms with Gasteiger partial charge < -0.3 is 5.32 Å². The van der Waals surface area contributed by atoms with E-state index in [9.17, 15) is 18.4 Å². The summed E-state index contributed by atoms with van der Waals surface area (Å²) in [5.74, 6) is -4.18. The number of nitrogens with zero attached hydrogens (tertiary/aromatic N) is 2. The van der Waals surface area contributed by atoms with Gasteiger partial charge in [0, 0.05) is 12.3 Å². The molecule has 2 amide bonds. The van der Waals surface area contributed by atoms with E-state index in [1.807, 2.05) is 6.92 Å². The van der Waals surface area contributed by atoms with Gasteiger partial charge in [0.25, 0.3) is 5.91 Å². The van der Waals surface area contributed by atoms with E-state index in [0.29, 0.717) is 11.8 Å². The molecule has 0 radical (unpaired) electrons. The molecule has 0 spiro atoms. The lowest BCUT2D eigenvalue weighted by molar-refractivity contribution is -0.130. The molecule has 26 heavy (non-hydrogen) atoms. The van der Waals surface area contributed by atoms with Gasteiger partial charge in [-0.3, -0.25) is 19.5 Å². The van der Waals surface area contributed by atoms with Crippen molar-refractivity contribution in [2.24, 2.45) is 10.9 Å². The van der Waals surface area contributed by atoms with Crippen molar-refractivity contribution in [1.29, 1.82) is 0 Å². The maximum atomic E-state index is 13.7. The van der Waals surface area contributed by atoms with Crippen molar-refractivity contribution in [3.8, 4) is 0 Å². The molecule has 8 heteroatoms. The van der Waals surface area contributed by atoms with Crippen LogP contribution < -0.4 is 10.2 Å². The molecule has 1 saturated heterocycles. The molecular formula is C18H13F2N3O2S.